The monoisotopic (exact) mass is 355 g/mol. The molecule has 4 rings (SSSR count). The SMILES string of the molecule is COc1ccc(C=Cc2cnc3c(N)nc4cc(C)ccc4c3c2)c(C)c1. The number of benzene rings is 2. The number of ether oxygens (including phenoxy) is 1. The van der Waals surface area contributed by atoms with Gasteiger partial charge in [0.25, 0.3) is 0 Å². The summed E-state index contributed by atoms with van der Waals surface area (Å²) in [6, 6.07) is 14.4. The van der Waals surface area contributed by atoms with Crippen LogP contribution in [0.2, 0.25) is 0 Å². The van der Waals surface area contributed by atoms with Crippen molar-refractivity contribution in [1.29, 1.82) is 0 Å². The maximum absolute atomic E-state index is 6.13. The highest BCUT2D eigenvalue weighted by atomic mass is 16.5. The molecule has 0 unspecified atom stereocenters. The molecule has 0 atom stereocenters. The number of aryl methyl sites for hydroxylation is 2. The molecule has 27 heavy (non-hydrogen) atoms. The Balaban J connectivity index is 1.80. The fourth-order valence-electron chi connectivity index (χ4n) is 3.27. The number of nitrogens with zero attached hydrogens (tertiary/aromatic N) is 2. The molecule has 0 aliphatic rings. The summed E-state index contributed by atoms with van der Waals surface area (Å²) in [5.41, 5.74) is 12.3. The van der Waals surface area contributed by atoms with E-state index in [1.54, 1.807) is 7.11 Å². The van der Waals surface area contributed by atoms with Crippen LogP contribution < -0.4 is 10.5 Å². The zero-order valence-electron chi connectivity index (χ0n) is 15.7. The normalized spacial score (nSPS) is 11.5. The van der Waals surface area contributed by atoms with Gasteiger partial charge >= 0.3 is 0 Å². The summed E-state index contributed by atoms with van der Waals surface area (Å²) in [5.74, 6) is 1.33. The summed E-state index contributed by atoms with van der Waals surface area (Å²) < 4.78 is 5.27. The van der Waals surface area contributed by atoms with E-state index in [0.717, 1.165) is 49.8 Å². The van der Waals surface area contributed by atoms with Gasteiger partial charge in [-0.15, -0.1) is 0 Å². The molecular weight excluding hydrogens is 334 g/mol. The van der Waals surface area contributed by atoms with E-state index in [4.69, 9.17) is 10.5 Å². The molecule has 0 saturated heterocycles. The van der Waals surface area contributed by atoms with Crippen molar-refractivity contribution in [3.8, 4) is 5.75 Å². The molecule has 0 radical (unpaired) electrons. The Kier molecular flexibility index (Phi) is 4.24. The predicted molar refractivity (Wildman–Crippen MR) is 113 cm³/mol. The molecule has 2 N–H and O–H groups in total. The molecule has 2 aromatic heterocycles. The summed E-state index contributed by atoms with van der Waals surface area (Å²) in [4.78, 5) is 9.06. The molecule has 0 spiro atoms. The third kappa shape index (κ3) is 3.22. The van der Waals surface area contributed by atoms with Gasteiger partial charge in [-0.05, 0) is 60.4 Å². The number of nitrogen functional groups attached to an aromatic ring is 1. The zero-order valence-corrected chi connectivity index (χ0v) is 15.7. The highest BCUT2D eigenvalue weighted by molar-refractivity contribution is 6.08. The lowest BCUT2D eigenvalue weighted by molar-refractivity contribution is 0.414. The van der Waals surface area contributed by atoms with Crippen molar-refractivity contribution < 1.29 is 4.74 Å². The van der Waals surface area contributed by atoms with Gasteiger partial charge in [0.2, 0.25) is 0 Å². The molecular formula is C23H21N3O. The van der Waals surface area contributed by atoms with E-state index in [-0.39, 0.29) is 0 Å². The first-order chi connectivity index (χ1) is 13.0. The molecule has 4 aromatic rings. The van der Waals surface area contributed by atoms with E-state index in [0.29, 0.717) is 5.82 Å². The zero-order chi connectivity index (χ0) is 19.0. The highest BCUT2D eigenvalue weighted by Crippen LogP contribution is 2.28. The predicted octanol–water partition coefficient (Wildman–Crippen LogP) is 5.16. The van der Waals surface area contributed by atoms with Gasteiger partial charge in [0.1, 0.15) is 11.3 Å². The molecule has 4 heteroatoms. The lowest BCUT2D eigenvalue weighted by Gasteiger charge is -2.08. The third-order valence-electron chi connectivity index (χ3n) is 4.77. The first-order valence-corrected chi connectivity index (χ1v) is 8.83. The first-order valence-electron chi connectivity index (χ1n) is 8.83. The van der Waals surface area contributed by atoms with Crippen LogP contribution in [0.25, 0.3) is 34.0 Å². The van der Waals surface area contributed by atoms with Gasteiger partial charge in [0.05, 0.1) is 12.6 Å². The number of pyridine rings is 2. The van der Waals surface area contributed by atoms with Gasteiger partial charge in [0.15, 0.2) is 5.82 Å². The van der Waals surface area contributed by atoms with E-state index < -0.39 is 0 Å². The van der Waals surface area contributed by atoms with Crippen LogP contribution in [0.3, 0.4) is 0 Å². The van der Waals surface area contributed by atoms with Crippen LogP contribution in [-0.2, 0) is 0 Å². The van der Waals surface area contributed by atoms with Gasteiger partial charge in [-0.1, -0.05) is 30.4 Å². The maximum Gasteiger partial charge on any atom is 0.150 e. The van der Waals surface area contributed by atoms with Gasteiger partial charge in [-0.2, -0.15) is 0 Å². The Bertz CT molecular complexity index is 1200. The largest absolute Gasteiger partial charge is 0.497 e. The van der Waals surface area contributed by atoms with E-state index in [2.05, 4.69) is 60.2 Å². The standard InChI is InChI=1S/C23H21N3O/c1-14-4-9-19-20-12-16(13-25-22(20)23(24)26-21(19)10-14)5-6-17-7-8-18(27-3)11-15(17)2/h4-13H,1-3H3,(H2,24,26). The summed E-state index contributed by atoms with van der Waals surface area (Å²) in [5, 5.41) is 2.08. The van der Waals surface area contributed by atoms with Crippen molar-refractivity contribution in [3.63, 3.8) is 0 Å². The van der Waals surface area contributed by atoms with E-state index in [9.17, 15) is 0 Å². The van der Waals surface area contributed by atoms with Gasteiger partial charge in [-0.25, -0.2) is 4.98 Å². The fraction of sp³-hybridized carbons (Fsp3) is 0.130. The van der Waals surface area contributed by atoms with Crippen LogP contribution in [0, 0.1) is 13.8 Å². The number of aromatic nitrogens is 2. The quantitative estimate of drug-likeness (QED) is 0.516. The van der Waals surface area contributed by atoms with Gasteiger partial charge in [0, 0.05) is 17.0 Å². The number of fused-ring (bicyclic) bond motifs is 3. The van der Waals surface area contributed by atoms with Crippen molar-refractivity contribution in [2.45, 2.75) is 13.8 Å². The van der Waals surface area contributed by atoms with E-state index in [1.165, 1.54) is 0 Å². The van der Waals surface area contributed by atoms with Crippen LogP contribution in [0.1, 0.15) is 22.3 Å². The van der Waals surface area contributed by atoms with Crippen LogP contribution >= 0.6 is 0 Å². The molecule has 134 valence electrons. The summed E-state index contributed by atoms with van der Waals surface area (Å²) in [6.07, 6.45) is 5.99. The molecule has 0 bridgehead atoms. The Morgan fingerprint density at radius 1 is 0.963 bits per heavy atom. The van der Waals surface area contributed by atoms with Gasteiger partial charge in [-0.3, -0.25) is 4.98 Å². The van der Waals surface area contributed by atoms with Crippen molar-refractivity contribution in [3.05, 3.63) is 70.9 Å². The van der Waals surface area contributed by atoms with Gasteiger partial charge < -0.3 is 10.5 Å². The second-order valence-electron chi connectivity index (χ2n) is 6.74. The average Bonchev–Trinajstić information content (AvgIpc) is 2.66. The summed E-state index contributed by atoms with van der Waals surface area (Å²) >= 11 is 0. The Hall–Kier alpha value is -3.40. The molecule has 0 amide bonds. The average molecular weight is 355 g/mol. The molecule has 4 nitrogen and oxygen atoms in total. The van der Waals surface area contributed by atoms with Crippen molar-refractivity contribution in [2.24, 2.45) is 0 Å². The minimum absolute atomic E-state index is 0.463. The Morgan fingerprint density at radius 2 is 1.81 bits per heavy atom. The molecule has 0 aliphatic heterocycles. The minimum atomic E-state index is 0.463. The maximum atomic E-state index is 6.13. The van der Waals surface area contributed by atoms with Crippen molar-refractivity contribution in [2.75, 3.05) is 12.8 Å². The molecule has 0 fully saturated rings. The number of nitrogens with two attached hydrogens (primary N) is 1. The second-order valence-corrected chi connectivity index (χ2v) is 6.74. The van der Waals surface area contributed by atoms with Crippen molar-refractivity contribution >= 4 is 39.8 Å². The second kappa shape index (κ2) is 6.72. The number of rotatable bonds is 3. The fourth-order valence-corrected chi connectivity index (χ4v) is 3.27. The van der Waals surface area contributed by atoms with Crippen LogP contribution in [0.4, 0.5) is 5.82 Å². The summed E-state index contributed by atoms with van der Waals surface area (Å²) in [6.45, 7) is 4.12. The molecule has 2 aromatic carbocycles. The topological polar surface area (TPSA) is 61.0 Å². The third-order valence-corrected chi connectivity index (χ3v) is 4.77. The lowest BCUT2D eigenvalue weighted by atomic mass is 10.0. The number of anilines is 1. The Morgan fingerprint density at radius 3 is 2.59 bits per heavy atom. The van der Waals surface area contributed by atoms with E-state index >= 15 is 0 Å². The number of hydrogen-bond acceptors (Lipinski definition) is 4. The van der Waals surface area contributed by atoms with E-state index in [1.807, 2.05) is 24.4 Å². The highest BCUT2D eigenvalue weighted by Gasteiger charge is 2.08. The summed E-state index contributed by atoms with van der Waals surface area (Å²) in [7, 11) is 1.68. The van der Waals surface area contributed by atoms with Crippen LogP contribution in [0.15, 0.2) is 48.7 Å². The minimum Gasteiger partial charge on any atom is -0.497 e. The smallest absolute Gasteiger partial charge is 0.150 e. The van der Waals surface area contributed by atoms with Crippen LogP contribution in [0.5, 0.6) is 5.75 Å². The molecule has 0 saturated carbocycles. The number of methoxy groups -OCH3 is 1. The van der Waals surface area contributed by atoms with Crippen LogP contribution in [-0.4, -0.2) is 17.1 Å². The molecule has 0 aliphatic carbocycles. The first kappa shape index (κ1) is 17.0. The van der Waals surface area contributed by atoms with Crippen molar-refractivity contribution in [1.82, 2.24) is 9.97 Å². The lowest BCUT2D eigenvalue weighted by Crippen LogP contribution is -1.96. The molecule has 2 heterocycles. The Labute approximate surface area is 158 Å². The number of hydrogen-bond donors (Lipinski definition) is 1.